The van der Waals surface area contributed by atoms with E-state index in [4.69, 9.17) is 27.7 Å². The molecule has 94 valence electrons. The zero-order chi connectivity index (χ0) is 12.9. The highest BCUT2D eigenvalue weighted by atomic mass is 35.5. The van der Waals surface area contributed by atoms with E-state index in [0.29, 0.717) is 0 Å². The number of carbonyl (C=O) groups excluding carboxylic acids is 1. The molecule has 0 atom stereocenters. The average Bonchev–Trinajstić information content (AvgIpc) is 2.24. The molecule has 0 aliphatic carbocycles. The van der Waals surface area contributed by atoms with Gasteiger partial charge >= 0.3 is 7.82 Å². The summed E-state index contributed by atoms with van der Waals surface area (Å²) in [5, 5.41) is 0. The number of rotatable bonds is 5. The Bertz CT molecular complexity index is 332. The third-order valence-corrected chi connectivity index (χ3v) is 3.07. The van der Waals surface area contributed by atoms with Crippen LogP contribution < -0.4 is 0 Å². The van der Waals surface area contributed by atoms with Gasteiger partial charge in [-0.05, 0) is 0 Å². The van der Waals surface area contributed by atoms with Gasteiger partial charge in [0.15, 0.2) is 4.49 Å². The van der Waals surface area contributed by atoms with Gasteiger partial charge in [-0.2, -0.15) is 0 Å². The Morgan fingerprint density at radius 1 is 1.19 bits per heavy atom. The highest BCUT2D eigenvalue weighted by Gasteiger charge is 2.31. The largest absolute Gasteiger partial charge is 0.529 e. The minimum atomic E-state index is -3.86. The molecule has 0 aromatic rings. The molecule has 0 radical (unpaired) electrons. The first-order valence-electron chi connectivity index (χ1n) is 3.95. The second-order valence-corrected chi connectivity index (χ2v) is 5.45. The van der Waals surface area contributed by atoms with Crippen LogP contribution in [0.1, 0.15) is 0 Å². The standard InChI is InChI=1S/C7H12Cl2NO5P/c1-10(2)7(11)5(6(8)9)15-16(12,13-3)14-4/h1-4H3. The fraction of sp³-hybridized carbons (Fsp3) is 0.571. The molecule has 0 saturated carbocycles. The van der Waals surface area contributed by atoms with Crippen LogP contribution in [-0.2, 0) is 22.9 Å². The van der Waals surface area contributed by atoms with Crippen molar-refractivity contribution in [3.63, 3.8) is 0 Å². The summed E-state index contributed by atoms with van der Waals surface area (Å²) in [6.45, 7) is 0. The lowest BCUT2D eigenvalue weighted by atomic mass is 10.5. The molecule has 0 saturated heterocycles. The predicted octanol–water partition coefficient (Wildman–Crippen LogP) is 2.14. The maximum atomic E-state index is 11.6. The summed E-state index contributed by atoms with van der Waals surface area (Å²) >= 11 is 10.9. The monoisotopic (exact) mass is 291 g/mol. The third kappa shape index (κ3) is 4.31. The van der Waals surface area contributed by atoms with Crippen LogP contribution in [0, 0.1) is 0 Å². The van der Waals surface area contributed by atoms with E-state index in [-0.39, 0.29) is 0 Å². The second kappa shape index (κ2) is 6.47. The molecule has 0 rings (SSSR count). The molecule has 0 N–H and O–H groups in total. The normalized spacial score (nSPS) is 10.9. The molecule has 0 aliphatic heterocycles. The van der Waals surface area contributed by atoms with Gasteiger partial charge < -0.3 is 9.42 Å². The second-order valence-electron chi connectivity index (χ2n) is 2.69. The van der Waals surface area contributed by atoms with E-state index in [1.165, 1.54) is 14.1 Å². The van der Waals surface area contributed by atoms with Gasteiger partial charge in [-0.3, -0.25) is 13.8 Å². The lowest BCUT2D eigenvalue weighted by molar-refractivity contribution is -0.127. The molecule has 0 aliphatic rings. The Morgan fingerprint density at radius 2 is 1.62 bits per heavy atom. The summed E-state index contributed by atoms with van der Waals surface area (Å²) in [7, 11) is 1.25. The first-order valence-corrected chi connectivity index (χ1v) is 6.17. The zero-order valence-corrected chi connectivity index (χ0v) is 11.6. The number of hydrogen-bond acceptors (Lipinski definition) is 5. The van der Waals surface area contributed by atoms with Crippen molar-refractivity contribution < 1.29 is 22.9 Å². The van der Waals surface area contributed by atoms with Crippen molar-refractivity contribution in [3.8, 4) is 0 Å². The molecule has 6 nitrogen and oxygen atoms in total. The highest BCUT2D eigenvalue weighted by Crippen LogP contribution is 2.50. The highest BCUT2D eigenvalue weighted by molar-refractivity contribution is 7.48. The van der Waals surface area contributed by atoms with E-state index in [2.05, 4.69) is 9.05 Å². The van der Waals surface area contributed by atoms with Gasteiger partial charge in [-0.25, -0.2) is 4.57 Å². The quantitative estimate of drug-likeness (QED) is 0.441. The molecule has 0 aromatic carbocycles. The van der Waals surface area contributed by atoms with Crippen LogP contribution in [0.3, 0.4) is 0 Å². The maximum Gasteiger partial charge on any atom is 0.529 e. The van der Waals surface area contributed by atoms with Crippen molar-refractivity contribution in [2.75, 3.05) is 28.3 Å². The summed E-state index contributed by atoms with van der Waals surface area (Å²) in [6, 6.07) is 0. The summed E-state index contributed by atoms with van der Waals surface area (Å²) in [5.41, 5.74) is 0. The molecule has 0 fully saturated rings. The van der Waals surface area contributed by atoms with Gasteiger partial charge in [0.05, 0.1) is 0 Å². The van der Waals surface area contributed by atoms with Gasteiger partial charge in [-0.1, -0.05) is 23.2 Å². The molecule has 0 heterocycles. The van der Waals surface area contributed by atoms with Crippen molar-refractivity contribution in [3.05, 3.63) is 10.3 Å². The van der Waals surface area contributed by atoms with Gasteiger partial charge in [0, 0.05) is 28.3 Å². The number of nitrogens with zero attached hydrogens (tertiary/aromatic N) is 1. The molecule has 9 heteroatoms. The summed E-state index contributed by atoms with van der Waals surface area (Å²) in [5.74, 6) is -1.16. The molecule has 1 amide bonds. The van der Waals surface area contributed by atoms with Gasteiger partial charge in [0.25, 0.3) is 5.91 Å². The van der Waals surface area contributed by atoms with Crippen LogP contribution in [-0.4, -0.2) is 39.1 Å². The SMILES string of the molecule is COP(=O)(OC)OC(C(=O)N(C)C)=C(Cl)Cl. The van der Waals surface area contributed by atoms with Crippen LogP contribution in [0.2, 0.25) is 0 Å². The van der Waals surface area contributed by atoms with E-state index < -0.39 is 24.0 Å². The predicted molar refractivity (Wildman–Crippen MR) is 60.1 cm³/mol. The Labute approximate surface area is 104 Å². The number of halogens is 2. The van der Waals surface area contributed by atoms with E-state index >= 15 is 0 Å². The van der Waals surface area contributed by atoms with Crippen molar-refractivity contribution >= 4 is 36.9 Å². The number of likely N-dealkylation sites (N-methyl/N-ethyl adjacent to an activating group) is 1. The summed E-state index contributed by atoms with van der Waals surface area (Å²) in [6.07, 6.45) is 0. The van der Waals surface area contributed by atoms with Crippen LogP contribution in [0.4, 0.5) is 0 Å². The lowest BCUT2D eigenvalue weighted by Crippen LogP contribution is -2.25. The molecule has 0 spiro atoms. The minimum Gasteiger partial charge on any atom is -0.395 e. The summed E-state index contributed by atoms with van der Waals surface area (Å²) in [4.78, 5) is 12.7. The van der Waals surface area contributed by atoms with Gasteiger partial charge in [0.1, 0.15) is 0 Å². The smallest absolute Gasteiger partial charge is 0.395 e. The minimum absolute atomic E-state index is 0.465. The molecular weight excluding hydrogens is 280 g/mol. The van der Waals surface area contributed by atoms with Crippen LogP contribution in [0.15, 0.2) is 10.3 Å². The van der Waals surface area contributed by atoms with E-state index in [1.54, 1.807) is 0 Å². The number of hydrogen-bond donors (Lipinski definition) is 0. The van der Waals surface area contributed by atoms with E-state index in [0.717, 1.165) is 19.1 Å². The number of amides is 1. The molecule has 0 bridgehead atoms. The van der Waals surface area contributed by atoms with Gasteiger partial charge in [0.2, 0.25) is 5.76 Å². The molecule has 0 aromatic heterocycles. The van der Waals surface area contributed by atoms with Crippen molar-refractivity contribution in [1.29, 1.82) is 0 Å². The average molecular weight is 292 g/mol. The third-order valence-electron chi connectivity index (χ3n) is 1.42. The number of carbonyl (C=O) groups is 1. The molecular formula is C7H12Cl2NO5P. The van der Waals surface area contributed by atoms with E-state index in [9.17, 15) is 9.36 Å². The first-order chi connectivity index (χ1) is 7.27. The Balaban J connectivity index is 5.09. The van der Waals surface area contributed by atoms with Crippen LogP contribution in [0.5, 0.6) is 0 Å². The lowest BCUT2D eigenvalue weighted by Gasteiger charge is -2.18. The molecule has 16 heavy (non-hydrogen) atoms. The van der Waals surface area contributed by atoms with E-state index in [1.807, 2.05) is 0 Å². The van der Waals surface area contributed by atoms with Gasteiger partial charge in [-0.15, -0.1) is 0 Å². The van der Waals surface area contributed by atoms with Crippen LogP contribution in [0.25, 0.3) is 0 Å². The number of phosphoric acid groups is 1. The summed E-state index contributed by atoms with van der Waals surface area (Å²) < 4.78 is 24.9. The Kier molecular flexibility index (Phi) is 6.36. The fourth-order valence-corrected chi connectivity index (χ4v) is 1.66. The fourth-order valence-electron chi connectivity index (χ4n) is 0.618. The number of phosphoric ester groups is 1. The van der Waals surface area contributed by atoms with Crippen molar-refractivity contribution in [2.24, 2.45) is 0 Å². The Morgan fingerprint density at radius 3 is 1.88 bits per heavy atom. The van der Waals surface area contributed by atoms with Crippen molar-refractivity contribution in [2.45, 2.75) is 0 Å². The Hall–Kier alpha value is -0.260. The maximum absolute atomic E-state index is 11.6. The zero-order valence-electron chi connectivity index (χ0n) is 9.19. The topological polar surface area (TPSA) is 65.1 Å². The molecule has 0 unspecified atom stereocenters. The van der Waals surface area contributed by atoms with Crippen LogP contribution >= 0.6 is 31.0 Å². The van der Waals surface area contributed by atoms with Crippen molar-refractivity contribution in [1.82, 2.24) is 4.90 Å². The first kappa shape index (κ1) is 15.7.